The molecule has 0 aliphatic heterocycles. The van der Waals surface area contributed by atoms with E-state index in [1.807, 2.05) is 6.07 Å². The van der Waals surface area contributed by atoms with Crippen molar-refractivity contribution < 1.29 is 5.11 Å². The molecule has 3 unspecified atom stereocenters. The van der Waals surface area contributed by atoms with E-state index in [2.05, 4.69) is 26.8 Å². The number of halogens is 1. The van der Waals surface area contributed by atoms with Crippen molar-refractivity contribution in [3.63, 3.8) is 0 Å². The summed E-state index contributed by atoms with van der Waals surface area (Å²) in [6, 6.07) is 4.07. The first-order valence-electron chi connectivity index (χ1n) is 6.35. The van der Waals surface area contributed by atoms with Gasteiger partial charge in [0.15, 0.2) is 0 Å². The van der Waals surface area contributed by atoms with Crippen LogP contribution in [-0.4, -0.2) is 11.2 Å². The Morgan fingerprint density at radius 3 is 2.59 bits per heavy atom. The summed E-state index contributed by atoms with van der Waals surface area (Å²) >= 11 is 7.67. The molecule has 1 nitrogen and oxygen atoms in total. The average molecular weight is 273 g/mol. The van der Waals surface area contributed by atoms with Gasteiger partial charge in [-0.3, -0.25) is 0 Å². The zero-order chi connectivity index (χ0) is 12.6. The van der Waals surface area contributed by atoms with E-state index in [1.54, 1.807) is 11.3 Å². The minimum atomic E-state index is -0.172. The highest BCUT2D eigenvalue weighted by molar-refractivity contribution is 7.16. The molecule has 1 aromatic rings. The highest BCUT2D eigenvalue weighted by Crippen LogP contribution is 2.44. The quantitative estimate of drug-likeness (QED) is 0.842. The van der Waals surface area contributed by atoms with Gasteiger partial charge >= 0.3 is 0 Å². The molecule has 1 aliphatic carbocycles. The normalized spacial score (nSPS) is 30.5. The SMILES string of the molecule is CC1CCC(C(C)(C)c2ccc(Cl)s2)C(O)C1. The molecule has 0 saturated heterocycles. The molecule has 3 heteroatoms. The summed E-state index contributed by atoms with van der Waals surface area (Å²) in [7, 11) is 0. The van der Waals surface area contributed by atoms with E-state index in [0.717, 1.165) is 17.2 Å². The summed E-state index contributed by atoms with van der Waals surface area (Å²) in [5.74, 6) is 1.01. The second-order valence-electron chi connectivity index (χ2n) is 5.92. The summed E-state index contributed by atoms with van der Waals surface area (Å²) in [6.45, 7) is 6.70. The van der Waals surface area contributed by atoms with Crippen LogP contribution in [0, 0.1) is 11.8 Å². The smallest absolute Gasteiger partial charge is 0.0931 e. The van der Waals surface area contributed by atoms with Crippen molar-refractivity contribution in [2.24, 2.45) is 11.8 Å². The Bertz CT molecular complexity index is 385. The number of hydrogen-bond donors (Lipinski definition) is 1. The Hall–Kier alpha value is -0.0500. The van der Waals surface area contributed by atoms with Gasteiger partial charge < -0.3 is 5.11 Å². The minimum Gasteiger partial charge on any atom is -0.393 e. The molecule has 1 N–H and O–H groups in total. The van der Waals surface area contributed by atoms with E-state index < -0.39 is 0 Å². The predicted molar refractivity (Wildman–Crippen MR) is 74.9 cm³/mol. The molecule has 0 aromatic carbocycles. The molecule has 1 saturated carbocycles. The zero-order valence-corrected chi connectivity index (χ0v) is 12.3. The lowest BCUT2D eigenvalue weighted by Crippen LogP contribution is -2.40. The first-order chi connectivity index (χ1) is 7.91. The molecule has 0 radical (unpaired) electrons. The Balaban J connectivity index is 2.20. The van der Waals surface area contributed by atoms with Crippen LogP contribution in [0.1, 0.15) is 44.9 Å². The Morgan fingerprint density at radius 2 is 2.06 bits per heavy atom. The van der Waals surface area contributed by atoms with Crippen LogP contribution in [0.2, 0.25) is 4.34 Å². The number of rotatable bonds is 2. The van der Waals surface area contributed by atoms with Gasteiger partial charge in [-0.15, -0.1) is 11.3 Å². The van der Waals surface area contributed by atoms with E-state index in [4.69, 9.17) is 11.6 Å². The van der Waals surface area contributed by atoms with Gasteiger partial charge in [0.25, 0.3) is 0 Å². The third-order valence-corrected chi connectivity index (χ3v) is 5.78. The van der Waals surface area contributed by atoms with E-state index in [9.17, 15) is 5.11 Å². The molecule has 2 rings (SSSR count). The van der Waals surface area contributed by atoms with Gasteiger partial charge in [0, 0.05) is 10.3 Å². The summed E-state index contributed by atoms with van der Waals surface area (Å²) in [5.41, 5.74) is 0.0252. The maximum absolute atomic E-state index is 10.3. The molecule has 1 aliphatic rings. The van der Waals surface area contributed by atoms with Gasteiger partial charge in [0.1, 0.15) is 0 Å². The van der Waals surface area contributed by atoms with Crippen LogP contribution in [-0.2, 0) is 5.41 Å². The molecule has 1 fully saturated rings. The van der Waals surface area contributed by atoms with Crippen LogP contribution in [0.4, 0.5) is 0 Å². The number of aliphatic hydroxyl groups excluding tert-OH is 1. The van der Waals surface area contributed by atoms with E-state index in [0.29, 0.717) is 11.8 Å². The molecule has 96 valence electrons. The fourth-order valence-corrected chi connectivity index (χ4v) is 4.24. The second kappa shape index (κ2) is 4.91. The first-order valence-corrected chi connectivity index (χ1v) is 7.54. The Labute approximate surface area is 113 Å². The van der Waals surface area contributed by atoms with Crippen LogP contribution in [0.3, 0.4) is 0 Å². The maximum atomic E-state index is 10.3. The summed E-state index contributed by atoms with van der Waals surface area (Å²) in [4.78, 5) is 1.29. The molecule has 3 atom stereocenters. The highest BCUT2D eigenvalue weighted by atomic mass is 35.5. The minimum absolute atomic E-state index is 0.0252. The average Bonchev–Trinajstić information content (AvgIpc) is 2.64. The molecule has 1 heterocycles. The van der Waals surface area contributed by atoms with Gasteiger partial charge in [-0.2, -0.15) is 0 Å². The van der Waals surface area contributed by atoms with E-state index >= 15 is 0 Å². The monoisotopic (exact) mass is 272 g/mol. The highest BCUT2D eigenvalue weighted by Gasteiger charge is 2.39. The molecule has 17 heavy (non-hydrogen) atoms. The lowest BCUT2D eigenvalue weighted by atomic mass is 9.67. The van der Waals surface area contributed by atoms with Gasteiger partial charge in [-0.1, -0.05) is 38.8 Å². The van der Waals surface area contributed by atoms with Crippen molar-refractivity contribution in [3.05, 3.63) is 21.3 Å². The zero-order valence-electron chi connectivity index (χ0n) is 10.7. The number of hydrogen-bond acceptors (Lipinski definition) is 2. The molecule has 1 aromatic heterocycles. The number of aliphatic hydroxyl groups is 1. The van der Waals surface area contributed by atoms with Crippen molar-refractivity contribution in [2.45, 2.75) is 51.6 Å². The molecular weight excluding hydrogens is 252 g/mol. The first kappa shape index (κ1) is 13.4. The van der Waals surface area contributed by atoms with Gasteiger partial charge in [0.2, 0.25) is 0 Å². The largest absolute Gasteiger partial charge is 0.393 e. The third-order valence-electron chi connectivity index (χ3n) is 4.21. The summed E-state index contributed by atoms with van der Waals surface area (Å²) in [5, 5.41) is 10.3. The van der Waals surface area contributed by atoms with Gasteiger partial charge in [0.05, 0.1) is 10.4 Å². The number of thiophene rings is 1. The van der Waals surface area contributed by atoms with Crippen LogP contribution in [0.5, 0.6) is 0 Å². The fraction of sp³-hybridized carbons (Fsp3) is 0.714. The van der Waals surface area contributed by atoms with Crippen LogP contribution in [0.15, 0.2) is 12.1 Å². The van der Waals surface area contributed by atoms with Crippen LogP contribution < -0.4 is 0 Å². The lowest BCUT2D eigenvalue weighted by Gasteiger charge is -2.41. The molecule has 0 spiro atoms. The van der Waals surface area contributed by atoms with E-state index in [-0.39, 0.29) is 11.5 Å². The standard InChI is InChI=1S/C14H21ClOS/c1-9-4-5-10(11(16)8-9)14(2,3)12-6-7-13(15)17-12/h6-7,9-11,16H,4-5,8H2,1-3H3. The van der Waals surface area contributed by atoms with Crippen molar-refractivity contribution in [2.75, 3.05) is 0 Å². The molecular formula is C14H21ClOS. The van der Waals surface area contributed by atoms with Crippen molar-refractivity contribution >= 4 is 22.9 Å². The van der Waals surface area contributed by atoms with Crippen LogP contribution in [0.25, 0.3) is 0 Å². The van der Waals surface area contributed by atoms with Crippen molar-refractivity contribution in [1.29, 1.82) is 0 Å². The predicted octanol–water partition coefficient (Wildman–Crippen LogP) is 4.48. The van der Waals surface area contributed by atoms with Gasteiger partial charge in [-0.05, 0) is 36.8 Å². The third kappa shape index (κ3) is 2.69. The van der Waals surface area contributed by atoms with Crippen LogP contribution >= 0.6 is 22.9 Å². The topological polar surface area (TPSA) is 20.2 Å². The maximum Gasteiger partial charge on any atom is 0.0931 e. The Morgan fingerprint density at radius 1 is 1.35 bits per heavy atom. The second-order valence-corrected chi connectivity index (χ2v) is 7.63. The summed E-state index contributed by atoms with van der Waals surface area (Å²) in [6.07, 6.45) is 3.11. The Kier molecular flexibility index (Phi) is 3.86. The van der Waals surface area contributed by atoms with Crippen molar-refractivity contribution in [1.82, 2.24) is 0 Å². The van der Waals surface area contributed by atoms with Gasteiger partial charge in [-0.25, -0.2) is 0 Å². The lowest BCUT2D eigenvalue weighted by molar-refractivity contribution is 0.0152. The fourth-order valence-electron chi connectivity index (χ4n) is 3.04. The molecule has 0 bridgehead atoms. The summed E-state index contributed by atoms with van der Waals surface area (Å²) < 4.78 is 0.840. The molecule has 0 amide bonds. The van der Waals surface area contributed by atoms with Crippen molar-refractivity contribution in [3.8, 4) is 0 Å². The van der Waals surface area contributed by atoms with E-state index in [1.165, 1.54) is 11.3 Å².